The molecule has 0 heterocycles. The van der Waals surface area contributed by atoms with Gasteiger partial charge in [-0.2, -0.15) is 5.26 Å². The minimum atomic E-state index is -3.38. The topological polar surface area (TPSA) is 57.9 Å². The molecule has 0 unspecified atom stereocenters. The number of nitrogens with zero attached hydrogens (tertiary/aromatic N) is 1. The quantitative estimate of drug-likeness (QED) is 0.716. The molecule has 0 aromatic rings. The van der Waals surface area contributed by atoms with Crippen LogP contribution in [0.4, 0.5) is 0 Å². The molecule has 0 aliphatic rings. The summed E-state index contributed by atoms with van der Waals surface area (Å²) in [5.74, 6) is -0.815. The lowest BCUT2D eigenvalue weighted by Gasteiger charge is -2.08. The third kappa shape index (κ3) is 6.99. The predicted molar refractivity (Wildman–Crippen MR) is 49.2 cm³/mol. The van der Waals surface area contributed by atoms with Gasteiger partial charge in [0.1, 0.15) is 5.75 Å². The van der Waals surface area contributed by atoms with Gasteiger partial charge in [-0.15, -0.1) is 0 Å². The van der Waals surface area contributed by atoms with Crippen LogP contribution in [-0.2, 0) is 9.84 Å². The van der Waals surface area contributed by atoms with E-state index < -0.39 is 19.4 Å². The van der Waals surface area contributed by atoms with E-state index in [1.54, 1.807) is 0 Å². The Bertz CT molecular complexity index is 274. The summed E-state index contributed by atoms with van der Waals surface area (Å²) in [5.41, 5.74) is 0. The zero-order valence-electron chi connectivity index (χ0n) is 5.93. The molecular formula is C5H6Cl3NO2S. The molecule has 0 aromatic carbocycles. The molecular weight excluding hydrogens is 244 g/mol. The van der Waals surface area contributed by atoms with Crippen LogP contribution in [0.25, 0.3) is 0 Å². The van der Waals surface area contributed by atoms with Crippen molar-refractivity contribution in [3.8, 4) is 6.07 Å². The Morgan fingerprint density at radius 1 is 1.33 bits per heavy atom. The first kappa shape index (κ1) is 12.3. The van der Waals surface area contributed by atoms with E-state index in [0.29, 0.717) is 0 Å². The zero-order chi connectivity index (χ0) is 9.83. The molecule has 12 heavy (non-hydrogen) atoms. The average Bonchev–Trinajstić information content (AvgIpc) is 1.83. The molecule has 0 N–H and O–H groups in total. The standard InChI is InChI=1S/C5H6Cl3NO2S/c6-5(7,8)1-3-12(10,11)4-2-9/h1,3-4H2. The lowest BCUT2D eigenvalue weighted by atomic mass is 10.6. The Hall–Kier alpha value is 0.310. The van der Waals surface area contributed by atoms with Gasteiger partial charge in [-0.1, -0.05) is 34.8 Å². The number of rotatable bonds is 3. The van der Waals surface area contributed by atoms with E-state index in [9.17, 15) is 8.42 Å². The van der Waals surface area contributed by atoms with E-state index in [1.807, 2.05) is 0 Å². The van der Waals surface area contributed by atoms with Crippen molar-refractivity contribution < 1.29 is 8.42 Å². The number of halogens is 3. The zero-order valence-corrected chi connectivity index (χ0v) is 9.01. The van der Waals surface area contributed by atoms with Crippen molar-refractivity contribution in [1.29, 1.82) is 5.26 Å². The van der Waals surface area contributed by atoms with Gasteiger partial charge in [-0.3, -0.25) is 0 Å². The van der Waals surface area contributed by atoms with Crippen LogP contribution in [0.2, 0.25) is 0 Å². The summed E-state index contributed by atoms with van der Waals surface area (Å²) in [5, 5.41) is 8.10. The van der Waals surface area contributed by atoms with Gasteiger partial charge in [0.15, 0.2) is 13.6 Å². The third-order valence-electron chi connectivity index (χ3n) is 0.981. The Morgan fingerprint density at radius 2 is 1.83 bits per heavy atom. The molecule has 7 heteroatoms. The summed E-state index contributed by atoms with van der Waals surface area (Å²) in [6.45, 7) is 0. The second-order valence-electron chi connectivity index (χ2n) is 2.12. The van der Waals surface area contributed by atoms with Crippen molar-refractivity contribution in [2.75, 3.05) is 11.5 Å². The molecule has 0 aromatic heterocycles. The van der Waals surface area contributed by atoms with Crippen molar-refractivity contribution >= 4 is 44.6 Å². The van der Waals surface area contributed by atoms with Gasteiger partial charge in [0.2, 0.25) is 0 Å². The lowest BCUT2D eigenvalue weighted by molar-refractivity contribution is 0.597. The van der Waals surface area contributed by atoms with E-state index in [4.69, 9.17) is 40.1 Å². The summed E-state index contributed by atoms with van der Waals surface area (Å²) >= 11 is 16.0. The molecule has 0 bridgehead atoms. The van der Waals surface area contributed by atoms with Crippen LogP contribution in [-0.4, -0.2) is 23.7 Å². The second kappa shape index (κ2) is 4.52. The first-order chi connectivity index (χ1) is 5.27. The van der Waals surface area contributed by atoms with E-state index in [-0.39, 0.29) is 12.2 Å². The molecule has 0 rings (SSSR count). The van der Waals surface area contributed by atoms with Crippen LogP contribution < -0.4 is 0 Å². The van der Waals surface area contributed by atoms with Gasteiger partial charge in [0.25, 0.3) is 0 Å². The normalized spacial score (nSPS) is 12.5. The van der Waals surface area contributed by atoms with Gasteiger partial charge in [0.05, 0.1) is 11.8 Å². The number of nitriles is 1. The SMILES string of the molecule is N#CCS(=O)(=O)CCC(Cl)(Cl)Cl. The number of hydrogen-bond acceptors (Lipinski definition) is 3. The highest BCUT2D eigenvalue weighted by molar-refractivity contribution is 7.91. The Labute approximate surface area is 86.1 Å². The minimum Gasteiger partial charge on any atom is -0.228 e. The molecule has 0 aliphatic carbocycles. The Balaban J connectivity index is 4.05. The largest absolute Gasteiger partial charge is 0.228 e. The molecule has 0 radical (unpaired) electrons. The van der Waals surface area contributed by atoms with E-state index in [1.165, 1.54) is 6.07 Å². The monoisotopic (exact) mass is 249 g/mol. The summed E-state index contributed by atoms with van der Waals surface area (Å²) in [7, 11) is -3.38. The van der Waals surface area contributed by atoms with Crippen LogP contribution in [0, 0.1) is 11.3 Å². The first-order valence-electron chi connectivity index (χ1n) is 2.91. The number of alkyl halides is 3. The second-order valence-corrected chi connectivity index (χ2v) is 6.82. The molecule has 0 fully saturated rings. The summed E-state index contributed by atoms with van der Waals surface area (Å²) < 4.78 is 20.2. The molecule has 0 atom stereocenters. The van der Waals surface area contributed by atoms with Crippen molar-refractivity contribution in [2.45, 2.75) is 10.2 Å². The maximum absolute atomic E-state index is 10.9. The van der Waals surface area contributed by atoms with E-state index in [0.717, 1.165) is 0 Å². The molecule has 0 aliphatic heterocycles. The number of hydrogen-bond donors (Lipinski definition) is 0. The van der Waals surface area contributed by atoms with Crippen LogP contribution in [0.5, 0.6) is 0 Å². The maximum Gasteiger partial charge on any atom is 0.191 e. The Kier molecular flexibility index (Phi) is 4.64. The summed E-state index contributed by atoms with van der Waals surface area (Å²) in [6.07, 6.45) is -0.0956. The smallest absolute Gasteiger partial charge is 0.191 e. The van der Waals surface area contributed by atoms with Crippen molar-refractivity contribution in [1.82, 2.24) is 0 Å². The molecule has 0 amide bonds. The van der Waals surface area contributed by atoms with Crippen molar-refractivity contribution in [3.63, 3.8) is 0 Å². The third-order valence-corrected chi connectivity index (χ3v) is 2.94. The van der Waals surface area contributed by atoms with Crippen LogP contribution in [0.3, 0.4) is 0 Å². The highest BCUT2D eigenvalue weighted by Gasteiger charge is 2.23. The fourth-order valence-corrected chi connectivity index (χ4v) is 2.02. The fraction of sp³-hybridized carbons (Fsp3) is 0.800. The van der Waals surface area contributed by atoms with Gasteiger partial charge in [-0.05, 0) is 0 Å². The lowest BCUT2D eigenvalue weighted by Crippen LogP contribution is -2.15. The molecule has 0 saturated carbocycles. The summed E-state index contributed by atoms with van der Waals surface area (Å²) in [6, 6.07) is 1.53. The van der Waals surface area contributed by atoms with Crippen LogP contribution >= 0.6 is 34.8 Å². The maximum atomic E-state index is 10.9. The molecule has 0 saturated heterocycles. The average molecular weight is 251 g/mol. The van der Waals surface area contributed by atoms with Crippen LogP contribution in [0.1, 0.15) is 6.42 Å². The highest BCUT2D eigenvalue weighted by atomic mass is 35.6. The van der Waals surface area contributed by atoms with Gasteiger partial charge in [-0.25, -0.2) is 8.42 Å². The van der Waals surface area contributed by atoms with E-state index in [2.05, 4.69) is 0 Å². The first-order valence-corrected chi connectivity index (χ1v) is 5.86. The molecule has 70 valence electrons. The highest BCUT2D eigenvalue weighted by Crippen LogP contribution is 2.30. The van der Waals surface area contributed by atoms with Crippen molar-refractivity contribution in [3.05, 3.63) is 0 Å². The van der Waals surface area contributed by atoms with Gasteiger partial charge in [0, 0.05) is 6.42 Å². The van der Waals surface area contributed by atoms with Gasteiger partial charge < -0.3 is 0 Å². The van der Waals surface area contributed by atoms with Crippen molar-refractivity contribution in [2.24, 2.45) is 0 Å². The Morgan fingerprint density at radius 3 is 2.17 bits per heavy atom. The predicted octanol–water partition coefficient (Wildman–Crippen LogP) is 1.69. The molecule has 3 nitrogen and oxygen atoms in total. The summed E-state index contributed by atoms with van der Waals surface area (Å²) in [4.78, 5) is 0. The van der Waals surface area contributed by atoms with E-state index >= 15 is 0 Å². The van der Waals surface area contributed by atoms with Gasteiger partial charge >= 0.3 is 0 Å². The van der Waals surface area contributed by atoms with Crippen LogP contribution in [0.15, 0.2) is 0 Å². The molecule has 0 spiro atoms. The number of sulfone groups is 1. The fourth-order valence-electron chi connectivity index (χ4n) is 0.442. The minimum absolute atomic E-state index is 0.0956.